The van der Waals surface area contributed by atoms with Crippen molar-refractivity contribution in [3.63, 3.8) is 0 Å². The minimum Gasteiger partial charge on any atom is -0.497 e. The number of rotatable bonds is 9. The van der Waals surface area contributed by atoms with E-state index in [0.717, 1.165) is 11.1 Å². The molecule has 0 bridgehead atoms. The smallest absolute Gasteiger partial charge is 0.220 e. The van der Waals surface area contributed by atoms with E-state index in [2.05, 4.69) is 17.4 Å². The number of carbonyl (C=O) groups is 2. The number of Topliss-reactive ketones (excluding diaryl/α,β-unsaturated/α-hetero) is 1. The van der Waals surface area contributed by atoms with Crippen molar-refractivity contribution in [3.8, 4) is 5.75 Å². The van der Waals surface area contributed by atoms with Gasteiger partial charge >= 0.3 is 0 Å². The Kier molecular flexibility index (Phi) is 7.17. The first-order chi connectivity index (χ1) is 14.2. The minimum atomic E-state index is -0.137. The number of methoxy groups -OCH3 is 1. The molecular formula is C25H25NO3. The Bertz CT molecular complexity index is 921. The van der Waals surface area contributed by atoms with Gasteiger partial charge in [-0.15, -0.1) is 0 Å². The molecule has 4 nitrogen and oxygen atoms in total. The molecular weight excluding hydrogens is 362 g/mol. The van der Waals surface area contributed by atoms with Gasteiger partial charge in [-0.05, 0) is 41.8 Å². The summed E-state index contributed by atoms with van der Waals surface area (Å²) in [6.07, 6.45) is 1.02. The third-order valence-corrected chi connectivity index (χ3v) is 4.81. The van der Waals surface area contributed by atoms with Crippen LogP contribution in [0.1, 0.15) is 40.4 Å². The second kappa shape index (κ2) is 10.2. The van der Waals surface area contributed by atoms with Gasteiger partial charge in [0.15, 0.2) is 5.78 Å². The Hall–Kier alpha value is -3.40. The van der Waals surface area contributed by atoms with Crippen LogP contribution in [0.3, 0.4) is 0 Å². The Morgan fingerprint density at radius 2 is 1.45 bits per heavy atom. The summed E-state index contributed by atoms with van der Waals surface area (Å²) in [6, 6.07) is 26.8. The first kappa shape index (κ1) is 20.3. The predicted octanol–water partition coefficient (Wildman–Crippen LogP) is 4.76. The second-order valence-corrected chi connectivity index (χ2v) is 6.87. The van der Waals surface area contributed by atoms with Crippen LogP contribution in [0.5, 0.6) is 5.75 Å². The fraction of sp³-hybridized carbons (Fsp3) is 0.200. The summed E-state index contributed by atoms with van der Waals surface area (Å²) in [5, 5.41) is 3.10. The number of amides is 1. The SMILES string of the molecule is COc1ccc(C(=O)CCC(=O)N[C@@H](Cc2ccccc2)c2ccccc2)cc1. The highest BCUT2D eigenvalue weighted by Crippen LogP contribution is 2.19. The lowest BCUT2D eigenvalue weighted by Crippen LogP contribution is -2.30. The lowest BCUT2D eigenvalue weighted by atomic mass is 9.98. The van der Waals surface area contributed by atoms with Gasteiger partial charge in [-0.3, -0.25) is 9.59 Å². The number of nitrogens with one attached hydrogen (secondary N) is 1. The highest BCUT2D eigenvalue weighted by atomic mass is 16.5. The van der Waals surface area contributed by atoms with E-state index in [9.17, 15) is 9.59 Å². The van der Waals surface area contributed by atoms with Gasteiger partial charge < -0.3 is 10.1 Å². The predicted molar refractivity (Wildman–Crippen MR) is 114 cm³/mol. The highest BCUT2D eigenvalue weighted by Gasteiger charge is 2.16. The standard InChI is InChI=1S/C25H25NO3/c1-29-22-14-12-21(13-15-22)24(27)16-17-25(28)26-23(20-10-6-3-7-11-20)18-19-8-4-2-5-9-19/h2-15,23H,16-18H2,1H3,(H,26,28)/t23-/m0/s1. The van der Waals surface area contributed by atoms with E-state index < -0.39 is 0 Å². The summed E-state index contributed by atoms with van der Waals surface area (Å²) in [4.78, 5) is 24.9. The number of carbonyl (C=O) groups excluding carboxylic acids is 2. The summed E-state index contributed by atoms with van der Waals surface area (Å²) >= 11 is 0. The van der Waals surface area contributed by atoms with Gasteiger partial charge in [-0.1, -0.05) is 60.7 Å². The molecule has 1 N–H and O–H groups in total. The molecule has 3 aromatic rings. The Morgan fingerprint density at radius 3 is 2.07 bits per heavy atom. The molecule has 0 aliphatic carbocycles. The first-order valence-corrected chi connectivity index (χ1v) is 9.71. The van der Waals surface area contributed by atoms with Crippen LogP contribution in [0, 0.1) is 0 Å². The zero-order valence-corrected chi connectivity index (χ0v) is 16.5. The zero-order chi connectivity index (χ0) is 20.5. The molecule has 0 aliphatic heterocycles. The van der Waals surface area contributed by atoms with Gasteiger partial charge in [0, 0.05) is 18.4 Å². The van der Waals surface area contributed by atoms with Gasteiger partial charge in [0.1, 0.15) is 5.75 Å². The van der Waals surface area contributed by atoms with E-state index in [1.54, 1.807) is 31.4 Å². The van der Waals surface area contributed by atoms with Crippen molar-refractivity contribution in [2.75, 3.05) is 7.11 Å². The lowest BCUT2D eigenvalue weighted by molar-refractivity contribution is -0.121. The summed E-state index contributed by atoms with van der Waals surface area (Å²) in [5.41, 5.74) is 2.78. The molecule has 3 aromatic carbocycles. The molecule has 4 heteroatoms. The van der Waals surface area contributed by atoms with Gasteiger partial charge in [-0.2, -0.15) is 0 Å². The van der Waals surface area contributed by atoms with Gasteiger partial charge in [0.05, 0.1) is 13.2 Å². The van der Waals surface area contributed by atoms with E-state index in [1.165, 1.54) is 0 Å². The summed E-state index contributed by atoms with van der Waals surface area (Å²) in [5.74, 6) is 0.518. The molecule has 0 unspecified atom stereocenters. The maximum atomic E-state index is 12.6. The topological polar surface area (TPSA) is 55.4 Å². The third-order valence-electron chi connectivity index (χ3n) is 4.81. The Balaban J connectivity index is 1.61. The molecule has 0 radical (unpaired) electrons. The molecule has 0 saturated heterocycles. The quantitative estimate of drug-likeness (QED) is 0.539. The summed E-state index contributed by atoms with van der Waals surface area (Å²) in [7, 11) is 1.58. The zero-order valence-electron chi connectivity index (χ0n) is 16.5. The minimum absolute atomic E-state index is 0.0536. The average molecular weight is 387 g/mol. The van der Waals surface area contributed by atoms with Crippen molar-refractivity contribution in [1.82, 2.24) is 5.32 Å². The monoisotopic (exact) mass is 387 g/mol. The fourth-order valence-corrected chi connectivity index (χ4v) is 3.20. The van der Waals surface area contributed by atoms with Crippen molar-refractivity contribution < 1.29 is 14.3 Å². The Labute approximate surface area is 171 Å². The molecule has 0 spiro atoms. The van der Waals surface area contributed by atoms with Gasteiger partial charge in [0.2, 0.25) is 5.91 Å². The van der Waals surface area contributed by atoms with Crippen LogP contribution >= 0.6 is 0 Å². The molecule has 29 heavy (non-hydrogen) atoms. The van der Waals surface area contributed by atoms with Crippen molar-refractivity contribution in [1.29, 1.82) is 0 Å². The number of ether oxygens (including phenoxy) is 1. The van der Waals surface area contributed by atoms with Crippen LogP contribution in [0.25, 0.3) is 0 Å². The van der Waals surface area contributed by atoms with E-state index in [0.29, 0.717) is 17.7 Å². The molecule has 0 aromatic heterocycles. The number of benzene rings is 3. The molecule has 3 rings (SSSR count). The van der Waals surface area contributed by atoms with E-state index >= 15 is 0 Å². The molecule has 0 aliphatic rings. The van der Waals surface area contributed by atoms with E-state index in [-0.39, 0.29) is 30.6 Å². The number of hydrogen-bond acceptors (Lipinski definition) is 3. The van der Waals surface area contributed by atoms with Gasteiger partial charge in [0.25, 0.3) is 0 Å². The van der Waals surface area contributed by atoms with Gasteiger partial charge in [-0.25, -0.2) is 0 Å². The summed E-state index contributed by atoms with van der Waals surface area (Å²) < 4.78 is 5.11. The summed E-state index contributed by atoms with van der Waals surface area (Å²) in [6.45, 7) is 0. The van der Waals surface area contributed by atoms with E-state index in [1.807, 2.05) is 48.5 Å². The largest absolute Gasteiger partial charge is 0.497 e. The fourth-order valence-electron chi connectivity index (χ4n) is 3.20. The molecule has 0 saturated carbocycles. The van der Waals surface area contributed by atoms with Crippen LogP contribution in [0.15, 0.2) is 84.9 Å². The maximum Gasteiger partial charge on any atom is 0.220 e. The second-order valence-electron chi connectivity index (χ2n) is 6.87. The van der Waals surface area contributed by atoms with Crippen molar-refractivity contribution in [2.45, 2.75) is 25.3 Å². The van der Waals surface area contributed by atoms with Crippen molar-refractivity contribution in [3.05, 3.63) is 102 Å². The number of hydrogen-bond donors (Lipinski definition) is 1. The number of ketones is 1. The molecule has 0 heterocycles. The highest BCUT2D eigenvalue weighted by molar-refractivity contribution is 5.98. The van der Waals surface area contributed by atoms with Crippen LogP contribution in [-0.4, -0.2) is 18.8 Å². The maximum absolute atomic E-state index is 12.6. The molecule has 0 fully saturated rings. The van der Waals surface area contributed by atoms with Crippen LogP contribution in [0.2, 0.25) is 0 Å². The lowest BCUT2D eigenvalue weighted by Gasteiger charge is -2.19. The van der Waals surface area contributed by atoms with Crippen molar-refractivity contribution >= 4 is 11.7 Å². The molecule has 1 amide bonds. The Morgan fingerprint density at radius 1 is 0.828 bits per heavy atom. The average Bonchev–Trinajstić information content (AvgIpc) is 2.78. The molecule has 1 atom stereocenters. The van der Waals surface area contributed by atoms with Crippen LogP contribution < -0.4 is 10.1 Å². The van der Waals surface area contributed by atoms with Crippen LogP contribution in [-0.2, 0) is 11.2 Å². The normalized spacial score (nSPS) is 11.5. The van der Waals surface area contributed by atoms with E-state index in [4.69, 9.17) is 4.74 Å². The first-order valence-electron chi connectivity index (χ1n) is 9.71. The molecule has 148 valence electrons. The van der Waals surface area contributed by atoms with Crippen LogP contribution in [0.4, 0.5) is 0 Å². The third kappa shape index (κ3) is 6.04. The van der Waals surface area contributed by atoms with Crippen molar-refractivity contribution in [2.24, 2.45) is 0 Å².